The second kappa shape index (κ2) is 6.14. The number of alkyl halides is 1. The van der Waals surface area contributed by atoms with Crippen LogP contribution in [0.15, 0.2) is 11.1 Å². The summed E-state index contributed by atoms with van der Waals surface area (Å²) < 4.78 is 10.3. The molecule has 2 rings (SSSR count). The van der Waals surface area contributed by atoms with Crippen molar-refractivity contribution in [3.63, 3.8) is 0 Å². The zero-order chi connectivity index (χ0) is 18.5. The lowest BCUT2D eigenvalue weighted by Gasteiger charge is -2.53. The number of halogens is 2. The molecule has 9 heteroatoms. The van der Waals surface area contributed by atoms with E-state index in [1.165, 1.54) is 7.11 Å². The average molecular weight is 382 g/mol. The van der Waals surface area contributed by atoms with E-state index in [2.05, 4.69) is 5.32 Å². The zero-order valence-electron chi connectivity index (χ0n) is 13.8. The van der Waals surface area contributed by atoms with Crippen LogP contribution in [0.1, 0.15) is 27.2 Å². The van der Waals surface area contributed by atoms with Crippen molar-refractivity contribution in [3.05, 3.63) is 11.1 Å². The number of carbonyl (C=O) groups is 2. The summed E-state index contributed by atoms with van der Waals surface area (Å²) in [5.41, 5.74) is -2.47. The van der Waals surface area contributed by atoms with Gasteiger partial charge in [-0.2, -0.15) is 0 Å². The molecule has 1 saturated carbocycles. The van der Waals surface area contributed by atoms with Crippen LogP contribution < -0.4 is 5.32 Å². The molecule has 2 aliphatic carbocycles. The van der Waals surface area contributed by atoms with E-state index in [0.717, 1.165) is 6.08 Å². The van der Waals surface area contributed by atoms with Gasteiger partial charge in [0.05, 0.1) is 11.1 Å². The number of fused-ring (bicyclic) bond motifs is 2. The lowest BCUT2D eigenvalue weighted by molar-refractivity contribution is -0.164. The molecule has 0 heterocycles. The first-order valence-corrected chi connectivity index (χ1v) is 8.15. The van der Waals surface area contributed by atoms with Crippen LogP contribution in [0.2, 0.25) is 0 Å². The highest BCUT2D eigenvalue weighted by Crippen LogP contribution is 2.49. The smallest absolute Gasteiger partial charge is 0.407 e. The van der Waals surface area contributed by atoms with Gasteiger partial charge in [0.1, 0.15) is 23.4 Å². The van der Waals surface area contributed by atoms with E-state index in [-0.39, 0.29) is 11.5 Å². The number of Topliss-reactive ketones (excluding diaryl/α,β-unsaturated/α-hetero) is 1. The summed E-state index contributed by atoms with van der Waals surface area (Å²) in [5.74, 6) is -0.773. The van der Waals surface area contributed by atoms with Crippen molar-refractivity contribution in [2.24, 2.45) is 0 Å². The number of hydrogen-bond donors (Lipinski definition) is 3. The minimum Gasteiger partial charge on any atom is -0.444 e. The third kappa shape index (κ3) is 3.15. The SMILES string of the molecule is CO[C@@H]1[C@]2(Cl)C(=O)C(Cl)=C[C@@]1(O)C[C@H](NC(=O)OC(C)(C)C)[C@@H]2O. The fourth-order valence-corrected chi connectivity index (χ4v) is 4.13. The van der Waals surface area contributed by atoms with E-state index >= 15 is 0 Å². The number of aliphatic hydroxyl groups is 2. The fraction of sp³-hybridized carbons (Fsp3) is 0.733. The molecule has 0 aliphatic heterocycles. The molecule has 136 valence electrons. The molecule has 0 aromatic heterocycles. The first-order chi connectivity index (χ1) is 10.8. The van der Waals surface area contributed by atoms with E-state index in [1.54, 1.807) is 20.8 Å². The quantitative estimate of drug-likeness (QED) is 0.618. The number of aliphatic hydroxyl groups excluding tert-OH is 1. The number of rotatable bonds is 2. The summed E-state index contributed by atoms with van der Waals surface area (Å²) in [6, 6.07) is -1.03. The van der Waals surface area contributed by atoms with Crippen molar-refractivity contribution in [2.75, 3.05) is 7.11 Å². The lowest BCUT2D eigenvalue weighted by Crippen LogP contribution is -2.75. The zero-order valence-corrected chi connectivity index (χ0v) is 15.3. The van der Waals surface area contributed by atoms with Gasteiger partial charge in [0, 0.05) is 13.5 Å². The number of ketones is 1. The van der Waals surface area contributed by atoms with Gasteiger partial charge in [-0.3, -0.25) is 4.79 Å². The van der Waals surface area contributed by atoms with Crippen molar-refractivity contribution in [2.45, 2.75) is 61.5 Å². The average Bonchev–Trinajstić information content (AvgIpc) is 2.40. The lowest BCUT2D eigenvalue weighted by atomic mass is 9.65. The van der Waals surface area contributed by atoms with E-state index in [9.17, 15) is 19.8 Å². The van der Waals surface area contributed by atoms with Crippen LogP contribution in [0, 0.1) is 0 Å². The van der Waals surface area contributed by atoms with Gasteiger partial charge in [0.15, 0.2) is 10.7 Å². The molecule has 24 heavy (non-hydrogen) atoms. The van der Waals surface area contributed by atoms with Crippen LogP contribution in [0.5, 0.6) is 0 Å². The van der Waals surface area contributed by atoms with Crippen molar-refractivity contribution in [3.8, 4) is 0 Å². The van der Waals surface area contributed by atoms with Gasteiger partial charge < -0.3 is 25.0 Å². The summed E-state index contributed by atoms with van der Waals surface area (Å²) in [7, 11) is 1.27. The number of hydrogen-bond acceptors (Lipinski definition) is 6. The first-order valence-electron chi connectivity index (χ1n) is 7.40. The molecule has 2 bridgehead atoms. The van der Waals surface area contributed by atoms with Gasteiger partial charge in [0.25, 0.3) is 0 Å². The van der Waals surface area contributed by atoms with Crippen LogP contribution >= 0.6 is 23.2 Å². The Hall–Kier alpha value is -0.860. The highest BCUT2D eigenvalue weighted by atomic mass is 35.5. The van der Waals surface area contributed by atoms with Gasteiger partial charge in [0.2, 0.25) is 0 Å². The van der Waals surface area contributed by atoms with Gasteiger partial charge >= 0.3 is 6.09 Å². The predicted octanol–water partition coefficient (Wildman–Crippen LogP) is 1.07. The largest absolute Gasteiger partial charge is 0.444 e. The maximum atomic E-state index is 12.4. The maximum Gasteiger partial charge on any atom is 0.407 e. The molecule has 0 radical (unpaired) electrons. The van der Waals surface area contributed by atoms with Crippen molar-refractivity contribution >= 4 is 35.1 Å². The van der Waals surface area contributed by atoms with Crippen LogP contribution in [0.4, 0.5) is 4.79 Å². The van der Waals surface area contributed by atoms with Crippen molar-refractivity contribution in [1.82, 2.24) is 5.32 Å². The highest BCUT2D eigenvalue weighted by Gasteiger charge is 2.67. The summed E-state index contributed by atoms with van der Waals surface area (Å²) >= 11 is 12.2. The van der Waals surface area contributed by atoms with E-state index in [1.807, 2.05) is 0 Å². The predicted molar refractivity (Wildman–Crippen MR) is 87.1 cm³/mol. The number of alkyl carbamates (subject to hydrolysis) is 1. The highest BCUT2D eigenvalue weighted by molar-refractivity contribution is 6.51. The summed E-state index contributed by atoms with van der Waals surface area (Å²) in [5, 5.41) is 23.6. The molecule has 2 aliphatic rings. The Bertz CT molecular complexity index is 589. The Morgan fingerprint density at radius 3 is 2.54 bits per heavy atom. The molecular formula is C15H21Cl2NO6. The minimum absolute atomic E-state index is 0.149. The molecular weight excluding hydrogens is 361 g/mol. The summed E-state index contributed by atoms with van der Waals surface area (Å²) in [6.07, 6.45) is -2.56. The Balaban J connectivity index is 2.34. The molecule has 5 atom stereocenters. The number of amides is 1. The third-order valence-corrected chi connectivity index (χ3v) is 4.95. The van der Waals surface area contributed by atoms with E-state index in [0.29, 0.717) is 0 Å². The fourth-order valence-electron chi connectivity index (χ4n) is 3.20. The van der Waals surface area contributed by atoms with Crippen LogP contribution in [0.3, 0.4) is 0 Å². The number of allylic oxidation sites excluding steroid dienone is 1. The summed E-state index contributed by atoms with van der Waals surface area (Å²) in [4.78, 5) is 22.4. The second-order valence-corrected chi connectivity index (χ2v) is 8.13. The van der Waals surface area contributed by atoms with Crippen molar-refractivity contribution < 1.29 is 29.3 Å². The molecule has 1 amide bonds. The van der Waals surface area contributed by atoms with Crippen molar-refractivity contribution in [1.29, 1.82) is 0 Å². The summed E-state index contributed by atoms with van der Waals surface area (Å²) in [6.45, 7) is 5.05. The molecule has 3 N–H and O–H groups in total. The molecule has 0 aromatic rings. The number of carbonyl (C=O) groups excluding carboxylic acids is 2. The Labute approximate surface area is 149 Å². The number of nitrogens with one attached hydrogen (secondary N) is 1. The molecule has 0 aromatic carbocycles. The van der Waals surface area contributed by atoms with Gasteiger partial charge in [-0.15, -0.1) is 11.6 Å². The number of methoxy groups -OCH3 is 1. The maximum absolute atomic E-state index is 12.4. The molecule has 7 nitrogen and oxygen atoms in total. The topological polar surface area (TPSA) is 105 Å². The molecule has 0 saturated heterocycles. The van der Waals surface area contributed by atoms with Crippen LogP contribution in [0.25, 0.3) is 0 Å². The Morgan fingerprint density at radius 1 is 1.46 bits per heavy atom. The van der Waals surface area contributed by atoms with Crippen LogP contribution in [-0.4, -0.2) is 63.5 Å². The normalized spacial score (nSPS) is 39.2. The van der Waals surface area contributed by atoms with Gasteiger partial charge in [-0.1, -0.05) is 11.6 Å². The standard InChI is InChI=1S/C15H21Cl2NO6/c1-13(2,3)24-12(21)18-8-6-14(22)5-7(16)9(19)15(17,10(8)20)11(14)23-4/h5,8,10-11,20,22H,6H2,1-4H3,(H,18,21)/t8-,10-,11-,14+,15-/m0/s1. The Morgan fingerprint density at radius 2 is 2.04 bits per heavy atom. The van der Waals surface area contributed by atoms with Gasteiger partial charge in [-0.25, -0.2) is 4.79 Å². The first kappa shape index (κ1) is 19.5. The van der Waals surface area contributed by atoms with Crippen LogP contribution in [-0.2, 0) is 14.3 Å². The van der Waals surface area contributed by atoms with Gasteiger partial charge in [-0.05, 0) is 26.8 Å². The third-order valence-electron chi connectivity index (χ3n) is 4.07. The van der Waals surface area contributed by atoms with E-state index < -0.39 is 46.2 Å². The second-order valence-electron chi connectivity index (χ2n) is 7.10. The molecule has 1 fully saturated rings. The number of ether oxygens (including phenoxy) is 2. The molecule has 0 unspecified atom stereocenters. The minimum atomic E-state index is -2.02. The monoisotopic (exact) mass is 381 g/mol. The molecule has 0 spiro atoms. The van der Waals surface area contributed by atoms with E-state index in [4.69, 9.17) is 32.7 Å². The Kier molecular flexibility index (Phi) is 4.98.